The first-order chi connectivity index (χ1) is 12.4. The number of nitrogens with zero attached hydrogens (tertiary/aromatic N) is 3. The Hall–Kier alpha value is -2.47. The Morgan fingerprint density at radius 2 is 2.04 bits per heavy atom. The molecular formula is C19H19N5S. The van der Waals surface area contributed by atoms with Crippen LogP contribution in [0.25, 0.3) is 21.1 Å². The fourth-order valence-electron chi connectivity index (χ4n) is 3.78. The third-order valence-corrected chi connectivity index (χ3v) is 5.90. The molecule has 3 heterocycles. The zero-order valence-corrected chi connectivity index (χ0v) is 14.6. The maximum Gasteiger partial charge on any atom is 0.178 e. The standard InChI is InChI=1S/C19H19N5S/c1-2-5-12(6-3-1)17-14-9-8-13(11-16(14)25-24-17)21-19-18-15(22-23-19)7-4-10-20-18/h4,7-12H,1-3,5-6H2,(H2,21,22,23). The predicted octanol–water partition coefficient (Wildman–Crippen LogP) is 5.36. The predicted molar refractivity (Wildman–Crippen MR) is 103 cm³/mol. The zero-order chi connectivity index (χ0) is 16.6. The number of aromatic amines is 1. The Morgan fingerprint density at radius 3 is 2.96 bits per heavy atom. The average molecular weight is 349 g/mol. The molecule has 0 radical (unpaired) electrons. The van der Waals surface area contributed by atoms with E-state index in [0.29, 0.717) is 5.92 Å². The van der Waals surface area contributed by atoms with Crippen LogP contribution >= 0.6 is 11.5 Å². The second-order valence-corrected chi connectivity index (χ2v) is 7.52. The monoisotopic (exact) mass is 349 g/mol. The summed E-state index contributed by atoms with van der Waals surface area (Å²) in [5.41, 5.74) is 4.11. The summed E-state index contributed by atoms with van der Waals surface area (Å²) in [6.45, 7) is 0. The van der Waals surface area contributed by atoms with Crippen LogP contribution in [0.3, 0.4) is 0 Å². The molecule has 1 fully saturated rings. The lowest BCUT2D eigenvalue weighted by atomic mass is 9.86. The van der Waals surface area contributed by atoms with Crippen molar-refractivity contribution in [1.82, 2.24) is 19.6 Å². The van der Waals surface area contributed by atoms with Gasteiger partial charge < -0.3 is 5.32 Å². The highest BCUT2D eigenvalue weighted by Crippen LogP contribution is 2.38. The summed E-state index contributed by atoms with van der Waals surface area (Å²) < 4.78 is 6.02. The second kappa shape index (κ2) is 6.11. The van der Waals surface area contributed by atoms with Gasteiger partial charge >= 0.3 is 0 Å². The fourth-order valence-corrected chi connectivity index (χ4v) is 4.68. The van der Waals surface area contributed by atoms with Crippen LogP contribution in [-0.4, -0.2) is 19.6 Å². The summed E-state index contributed by atoms with van der Waals surface area (Å²) in [6, 6.07) is 10.4. The number of pyridine rings is 1. The number of fused-ring (bicyclic) bond motifs is 2. The minimum Gasteiger partial charge on any atom is -0.337 e. The lowest BCUT2D eigenvalue weighted by molar-refractivity contribution is 0.441. The van der Waals surface area contributed by atoms with Gasteiger partial charge in [0, 0.05) is 23.2 Å². The number of hydrogen-bond donors (Lipinski definition) is 2. The molecule has 2 N–H and O–H groups in total. The Bertz CT molecular complexity index is 1030. The van der Waals surface area contributed by atoms with Gasteiger partial charge in [-0.3, -0.25) is 10.1 Å². The highest BCUT2D eigenvalue weighted by molar-refractivity contribution is 7.13. The SMILES string of the molecule is c1cnc2c(Nc3ccc4c(C5CCCCC5)nsc4c3)n[nH]c2c1. The topological polar surface area (TPSA) is 66.5 Å². The molecule has 0 spiro atoms. The van der Waals surface area contributed by atoms with E-state index in [1.54, 1.807) is 17.7 Å². The fraction of sp³-hybridized carbons (Fsp3) is 0.316. The zero-order valence-electron chi connectivity index (χ0n) is 13.8. The van der Waals surface area contributed by atoms with Gasteiger partial charge in [0.25, 0.3) is 0 Å². The van der Waals surface area contributed by atoms with E-state index in [-0.39, 0.29) is 0 Å². The summed E-state index contributed by atoms with van der Waals surface area (Å²) in [7, 11) is 0. The van der Waals surface area contributed by atoms with Gasteiger partial charge in [-0.1, -0.05) is 19.3 Å². The molecule has 1 aliphatic carbocycles. The van der Waals surface area contributed by atoms with Gasteiger partial charge in [-0.15, -0.1) is 0 Å². The number of benzene rings is 1. The number of aromatic nitrogens is 4. The molecule has 0 unspecified atom stereocenters. The summed E-state index contributed by atoms with van der Waals surface area (Å²) in [6.07, 6.45) is 8.39. The van der Waals surface area contributed by atoms with E-state index in [4.69, 9.17) is 4.37 Å². The first kappa shape index (κ1) is 14.8. The molecule has 126 valence electrons. The van der Waals surface area contributed by atoms with Gasteiger partial charge in [0.2, 0.25) is 0 Å². The Morgan fingerprint density at radius 1 is 1.12 bits per heavy atom. The Labute approximate surface area is 149 Å². The normalized spacial score (nSPS) is 15.8. The summed E-state index contributed by atoms with van der Waals surface area (Å²) in [5, 5.41) is 12.0. The van der Waals surface area contributed by atoms with Gasteiger partial charge in [0.1, 0.15) is 5.52 Å². The van der Waals surface area contributed by atoms with Crippen molar-refractivity contribution in [1.29, 1.82) is 0 Å². The minimum atomic E-state index is 0.640. The van der Waals surface area contributed by atoms with E-state index >= 15 is 0 Å². The third-order valence-electron chi connectivity index (χ3n) is 5.07. The molecule has 3 aromatic heterocycles. The first-order valence-electron chi connectivity index (χ1n) is 8.84. The molecule has 25 heavy (non-hydrogen) atoms. The van der Waals surface area contributed by atoms with Crippen LogP contribution in [0.1, 0.15) is 43.7 Å². The number of rotatable bonds is 3. The molecule has 0 aliphatic heterocycles. The molecule has 0 amide bonds. The molecule has 5 nitrogen and oxygen atoms in total. The van der Waals surface area contributed by atoms with Crippen molar-refractivity contribution in [3.8, 4) is 0 Å². The minimum absolute atomic E-state index is 0.640. The molecular weight excluding hydrogens is 330 g/mol. The van der Waals surface area contributed by atoms with E-state index < -0.39 is 0 Å². The lowest BCUT2D eigenvalue weighted by Gasteiger charge is -2.20. The van der Waals surface area contributed by atoms with Gasteiger partial charge in [-0.2, -0.15) is 9.47 Å². The highest BCUT2D eigenvalue weighted by Gasteiger charge is 2.20. The van der Waals surface area contributed by atoms with Gasteiger partial charge in [-0.25, -0.2) is 0 Å². The maximum absolute atomic E-state index is 4.79. The molecule has 6 heteroatoms. The van der Waals surface area contributed by atoms with Crippen molar-refractivity contribution >= 4 is 44.2 Å². The molecule has 4 aromatic rings. The number of hydrogen-bond acceptors (Lipinski definition) is 5. The van der Waals surface area contributed by atoms with Crippen molar-refractivity contribution in [3.63, 3.8) is 0 Å². The molecule has 1 saturated carbocycles. The summed E-state index contributed by atoms with van der Waals surface area (Å²) in [5.74, 6) is 1.40. The van der Waals surface area contributed by atoms with Gasteiger partial charge in [0.15, 0.2) is 5.82 Å². The highest BCUT2D eigenvalue weighted by atomic mass is 32.1. The van der Waals surface area contributed by atoms with Crippen LogP contribution in [0.4, 0.5) is 11.5 Å². The van der Waals surface area contributed by atoms with Crippen LogP contribution in [-0.2, 0) is 0 Å². The van der Waals surface area contributed by atoms with Crippen LogP contribution < -0.4 is 5.32 Å². The number of anilines is 2. The first-order valence-corrected chi connectivity index (χ1v) is 9.61. The molecule has 1 aliphatic rings. The van der Waals surface area contributed by atoms with E-state index in [0.717, 1.165) is 22.5 Å². The Balaban J connectivity index is 1.47. The number of H-pyrrole nitrogens is 1. The van der Waals surface area contributed by atoms with Crippen molar-refractivity contribution in [2.24, 2.45) is 0 Å². The van der Waals surface area contributed by atoms with Gasteiger partial charge in [-0.05, 0) is 54.7 Å². The van der Waals surface area contributed by atoms with E-state index in [9.17, 15) is 0 Å². The van der Waals surface area contributed by atoms with E-state index in [1.807, 2.05) is 12.1 Å². The average Bonchev–Trinajstić information content (AvgIpc) is 3.27. The molecule has 5 rings (SSSR count). The second-order valence-electron chi connectivity index (χ2n) is 6.71. The quantitative estimate of drug-likeness (QED) is 0.522. The molecule has 0 bridgehead atoms. The van der Waals surface area contributed by atoms with Crippen LogP contribution in [0.5, 0.6) is 0 Å². The van der Waals surface area contributed by atoms with Crippen LogP contribution in [0.15, 0.2) is 36.5 Å². The van der Waals surface area contributed by atoms with Crippen molar-refractivity contribution in [2.75, 3.05) is 5.32 Å². The van der Waals surface area contributed by atoms with Gasteiger partial charge in [0.05, 0.1) is 15.9 Å². The van der Waals surface area contributed by atoms with Crippen LogP contribution in [0.2, 0.25) is 0 Å². The van der Waals surface area contributed by atoms with Crippen LogP contribution in [0, 0.1) is 0 Å². The number of nitrogens with one attached hydrogen (secondary N) is 2. The maximum atomic E-state index is 4.79. The van der Waals surface area contributed by atoms with E-state index in [2.05, 4.69) is 38.7 Å². The van der Waals surface area contributed by atoms with E-state index in [1.165, 1.54) is 47.9 Å². The largest absolute Gasteiger partial charge is 0.337 e. The molecule has 0 saturated heterocycles. The van der Waals surface area contributed by atoms with Crippen molar-refractivity contribution in [2.45, 2.75) is 38.0 Å². The molecule has 0 atom stereocenters. The van der Waals surface area contributed by atoms with Crippen molar-refractivity contribution in [3.05, 3.63) is 42.2 Å². The summed E-state index contributed by atoms with van der Waals surface area (Å²) in [4.78, 5) is 4.40. The smallest absolute Gasteiger partial charge is 0.178 e. The lowest BCUT2D eigenvalue weighted by Crippen LogP contribution is -2.04. The summed E-state index contributed by atoms with van der Waals surface area (Å²) >= 11 is 1.60. The molecule has 1 aromatic carbocycles. The third kappa shape index (κ3) is 2.66. The Kier molecular flexibility index (Phi) is 3.63. The van der Waals surface area contributed by atoms with Crippen molar-refractivity contribution < 1.29 is 0 Å².